The average Bonchev–Trinajstić information content (AvgIpc) is 3.32. The van der Waals surface area contributed by atoms with Gasteiger partial charge in [0.1, 0.15) is 12.2 Å². The van der Waals surface area contributed by atoms with Gasteiger partial charge in [-0.05, 0) is 44.9 Å². The quantitative estimate of drug-likeness (QED) is 0.730. The van der Waals surface area contributed by atoms with Gasteiger partial charge in [-0.2, -0.15) is 0 Å². The predicted octanol–water partition coefficient (Wildman–Crippen LogP) is 3.60. The van der Waals surface area contributed by atoms with Gasteiger partial charge in [0.25, 0.3) is 0 Å². The Morgan fingerprint density at radius 1 is 1.24 bits per heavy atom. The first kappa shape index (κ1) is 19.4. The maximum absolute atomic E-state index is 12.3. The molecule has 29 heavy (non-hydrogen) atoms. The molecule has 2 aliphatic heterocycles. The number of ether oxygens (including phenoxy) is 2. The van der Waals surface area contributed by atoms with Crippen molar-refractivity contribution in [2.24, 2.45) is 0 Å². The van der Waals surface area contributed by atoms with Gasteiger partial charge in [0.05, 0.1) is 12.2 Å². The van der Waals surface area contributed by atoms with Crippen molar-refractivity contribution in [2.75, 3.05) is 36.5 Å². The first-order chi connectivity index (χ1) is 14.0. The predicted molar refractivity (Wildman–Crippen MR) is 113 cm³/mol. The van der Waals surface area contributed by atoms with Gasteiger partial charge in [0, 0.05) is 31.3 Å². The van der Waals surface area contributed by atoms with E-state index in [1.165, 1.54) is 0 Å². The van der Waals surface area contributed by atoms with Gasteiger partial charge in [-0.1, -0.05) is 12.1 Å². The Balaban J connectivity index is 1.28. The monoisotopic (exact) mass is 396 g/mol. The summed E-state index contributed by atoms with van der Waals surface area (Å²) in [5.41, 5.74) is 1.67. The van der Waals surface area contributed by atoms with Crippen molar-refractivity contribution in [1.29, 1.82) is 0 Å². The van der Waals surface area contributed by atoms with E-state index in [1.807, 2.05) is 24.3 Å². The van der Waals surface area contributed by atoms with Crippen LogP contribution in [0.5, 0.6) is 11.5 Å². The number of urea groups is 1. The molecule has 2 aliphatic rings. The number of nitrogens with one attached hydrogen (secondary N) is 2. The zero-order chi connectivity index (χ0) is 20.3. The largest absolute Gasteiger partial charge is 0.488 e. The molecule has 2 amide bonds. The van der Waals surface area contributed by atoms with Crippen LogP contribution in [0.15, 0.2) is 36.5 Å². The molecular weight excluding hydrogens is 368 g/mol. The Morgan fingerprint density at radius 2 is 2.07 bits per heavy atom. The maximum atomic E-state index is 12.3. The fourth-order valence-corrected chi connectivity index (χ4v) is 3.87. The molecule has 1 aromatic heterocycles. The van der Waals surface area contributed by atoms with Gasteiger partial charge in [-0.3, -0.25) is 0 Å². The second-order valence-electron chi connectivity index (χ2n) is 8.08. The summed E-state index contributed by atoms with van der Waals surface area (Å²) < 4.78 is 11.9. The number of para-hydroxylation sites is 1. The van der Waals surface area contributed by atoms with Crippen LogP contribution >= 0.6 is 0 Å². The van der Waals surface area contributed by atoms with E-state index in [-0.39, 0.29) is 11.6 Å². The molecule has 154 valence electrons. The van der Waals surface area contributed by atoms with Crippen molar-refractivity contribution in [2.45, 2.75) is 38.7 Å². The number of aromatic nitrogens is 1. The summed E-state index contributed by atoms with van der Waals surface area (Å²) in [5, 5.41) is 5.75. The summed E-state index contributed by atoms with van der Waals surface area (Å²) >= 11 is 0. The summed E-state index contributed by atoms with van der Waals surface area (Å²) in [6.07, 6.45) is 4.93. The van der Waals surface area contributed by atoms with E-state index in [4.69, 9.17) is 9.47 Å². The number of hydrogen-bond acceptors (Lipinski definition) is 5. The highest BCUT2D eigenvalue weighted by Crippen LogP contribution is 2.41. The van der Waals surface area contributed by atoms with Crippen LogP contribution in [0.2, 0.25) is 0 Å². The first-order valence-corrected chi connectivity index (χ1v) is 10.2. The van der Waals surface area contributed by atoms with Gasteiger partial charge in [-0.15, -0.1) is 0 Å². The first-order valence-electron chi connectivity index (χ1n) is 10.2. The highest BCUT2D eigenvalue weighted by molar-refractivity contribution is 5.92. The number of rotatable bonds is 6. The number of anilines is 2. The van der Waals surface area contributed by atoms with E-state index in [0.29, 0.717) is 13.2 Å². The summed E-state index contributed by atoms with van der Waals surface area (Å²) in [6.45, 7) is 6.83. The van der Waals surface area contributed by atoms with Crippen molar-refractivity contribution >= 4 is 17.5 Å². The number of nitrogens with zero attached hydrogens (tertiary/aromatic N) is 2. The second-order valence-corrected chi connectivity index (χ2v) is 8.08. The molecule has 1 aromatic carbocycles. The van der Waals surface area contributed by atoms with Crippen molar-refractivity contribution in [1.82, 2.24) is 10.3 Å². The SMILES string of the molecule is CC1(C)Cc2cccc(OCCNC(=O)Nc3cccnc3N3CCCC3)c2O1. The number of hydrogen-bond donors (Lipinski definition) is 2. The van der Waals surface area contributed by atoms with Gasteiger partial charge in [0.2, 0.25) is 0 Å². The molecule has 7 heteroatoms. The van der Waals surface area contributed by atoms with Crippen LogP contribution in [0.3, 0.4) is 0 Å². The molecule has 0 atom stereocenters. The number of carbonyl (C=O) groups is 1. The molecule has 0 spiro atoms. The lowest BCUT2D eigenvalue weighted by Gasteiger charge is -2.20. The van der Waals surface area contributed by atoms with Crippen molar-refractivity contribution < 1.29 is 14.3 Å². The molecule has 2 N–H and O–H groups in total. The van der Waals surface area contributed by atoms with Crippen molar-refractivity contribution in [3.63, 3.8) is 0 Å². The number of carbonyl (C=O) groups excluding carboxylic acids is 1. The fourth-order valence-electron chi connectivity index (χ4n) is 3.87. The number of pyridine rings is 1. The van der Waals surface area contributed by atoms with Crippen molar-refractivity contribution in [3.05, 3.63) is 42.1 Å². The molecule has 1 saturated heterocycles. The zero-order valence-electron chi connectivity index (χ0n) is 17.0. The summed E-state index contributed by atoms with van der Waals surface area (Å²) in [7, 11) is 0. The minimum absolute atomic E-state index is 0.212. The van der Waals surface area contributed by atoms with Gasteiger partial charge in [-0.25, -0.2) is 9.78 Å². The normalized spacial score (nSPS) is 16.8. The van der Waals surface area contributed by atoms with E-state index in [1.54, 1.807) is 6.20 Å². The smallest absolute Gasteiger partial charge is 0.319 e. The van der Waals surface area contributed by atoms with Crippen LogP contribution in [-0.4, -0.2) is 42.9 Å². The molecule has 0 aliphatic carbocycles. The molecule has 0 radical (unpaired) electrons. The molecule has 3 heterocycles. The van der Waals surface area contributed by atoms with Crippen LogP contribution < -0.4 is 25.0 Å². The molecule has 7 nitrogen and oxygen atoms in total. The van der Waals surface area contributed by atoms with Crippen LogP contribution in [-0.2, 0) is 6.42 Å². The lowest BCUT2D eigenvalue weighted by Crippen LogP contribution is -2.33. The summed E-state index contributed by atoms with van der Waals surface area (Å²) in [6, 6.07) is 9.38. The minimum Gasteiger partial charge on any atom is -0.488 e. The summed E-state index contributed by atoms with van der Waals surface area (Å²) in [5.74, 6) is 2.36. The lowest BCUT2D eigenvalue weighted by molar-refractivity contribution is 0.132. The van der Waals surface area contributed by atoms with Crippen LogP contribution in [0.25, 0.3) is 0 Å². The van der Waals surface area contributed by atoms with Gasteiger partial charge >= 0.3 is 6.03 Å². The standard InChI is InChI=1S/C22H28N4O3/c1-22(2)15-16-7-5-9-18(19(16)29-22)28-14-11-24-21(27)25-17-8-6-10-23-20(17)26-12-3-4-13-26/h5-10H,3-4,11-15H2,1-2H3,(H2,24,25,27). The number of amides is 2. The van der Waals surface area contributed by atoms with E-state index in [9.17, 15) is 4.79 Å². The van der Waals surface area contributed by atoms with E-state index in [0.717, 1.165) is 60.9 Å². The fraction of sp³-hybridized carbons (Fsp3) is 0.455. The lowest BCUT2D eigenvalue weighted by atomic mass is 10.0. The molecule has 1 fully saturated rings. The van der Waals surface area contributed by atoms with E-state index >= 15 is 0 Å². The minimum atomic E-state index is -0.266. The van der Waals surface area contributed by atoms with Crippen LogP contribution in [0.1, 0.15) is 32.3 Å². The van der Waals surface area contributed by atoms with Crippen LogP contribution in [0.4, 0.5) is 16.3 Å². The Bertz CT molecular complexity index is 878. The third-order valence-electron chi connectivity index (χ3n) is 5.14. The molecule has 0 bridgehead atoms. The van der Waals surface area contributed by atoms with Gasteiger partial charge in [0.15, 0.2) is 17.3 Å². The highest BCUT2D eigenvalue weighted by Gasteiger charge is 2.32. The number of fused-ring (bicyclic) bond motifs is 1. The Morgan fingerprint density at radius 3 is 2.90 bits per heavy atom. The van der Waals surface area contributed by atoms with Crippen LogP contribution in [0, 0.1) is 0 Å². The van der Waals surface area contributed by atoms with E-state index in [2.05, 4.69) is 40.4 Å². The third-order valence-corrected chi connectivity index (χ3v) is 5.14. The maximum Gasteiger partial charge on any atom is 0.319 e. The zero-order valence-corrected chi connectivity index (χ0v) is 17.0. The van der Waals surface area contributed by atoms with E-state index < -0.39 is 0 Å². The summed E-state index contributed by atoms with van der Waals surface area (Å²) in [4.78, 5) is 19.0. The molecule has 2 aromatic rings. The van der Waals surface area contributed by atoms with Gasteiger partial charge < -0.3 is 25.0 Å². The average molecular weight is 396 g/mol. The Hall–Kier alpha value is -2.96. The Labute approximate surface area is 171 Å². The molecule has 0 saturated carbocycles. The third kappa shape index (κ3) is 4.55. The number of benzene rings is 1. The molecule has 0 unspecified atom stereocenters. The Kier molecular flexibility index (Phi) is 5.47. The topological polar surface area (TPSA) is 75.7 Å². The highest BCUT2D eigenvalue weighted by atomic mass is 16.5. The molecule has 4 rings (SSSR count). The second kappa shape index (κ2) is 8.19. The van der Waals surface area contributed by atoms with Crippen molar-refractivity contribution in [3.8, 4) is 11.5 Å². The molecular formula is C22H28N4O3.